The van der Waals surface area contributed by atoms with Gasteiger partial charge in [0, 0.05) is 0 Å². The number of rotatable bonds is 0. The smallest absolute Gasteiger partial charge is 0.138 e. The number of hydrogen-bond acceptors (Lipinski definition) is 1. The summed E-state index contributed by atoms with van der Waals surface area (Å²) in [6.45, 7) is 2.03. The molecule has 0 spiro atoms. The van der Waals surface area contributed by atoms with Gasteiger partial charge in [-0.3, -0.25) is 0 Å². The van der Waals surface area contributed by atoms with E-state index in [1.54, 1.807) is 0 Å². The molecular formula is C3H5BrO. The van der Waals surface area contributed by atoms with Crippen LogP contribution in [-0.2, 0) is 4.74 Å². The summed E-state index contributed by atoms with van der Waals surface area (Å²) in [6, 6.07) is 0. The molecule has 1 saturated heterocycles. The third kappa shape index (κ3) is 0.637. The van der Waals surface area contributed by atoms with E-state index >= 15 is 0 Å². The van der Waals surface area contributed by atoms with Crippen molar-refractivity contribution >= 4 is 15.9 Å². The lowest BCUT2D eigenvalue weighted by atomic mass is 10.6. The second kappa shape index (κ2) is 0.949. The summed E-state index contributed by atoms with van der Waals surface area (Å²) in [5, 5.41) is 0.363. The van der Waals surface area contributed by atoms with E-state index in [-0.39, 0.29) is 0 Å². The van der Waals surface area contributed by atoms with Gasteiger partial charge in [0.05, 0.1) is 6.10 Å². The molecular weight excluding hydrogens is 132 g/mol. The molecule has 30 valence electrons. The van der Waals surface area contributed by atoms with E-state index in [9.17, 15) is 0 Å². The first-order valence-corrected chi connectivity index (χ1v) is 2.52. The molecule has 0 aromatic heterocycles. The zero-order chi connectivity index (χ0) is 3.86. The highest BCUT2D eigenvalue weighted by Crippen LogP contribution is 2.25. The van der Waals surface area contributed by atoms with E-state index in [1.807, 2.05) is 6.92 Å². The molecule has 1 aliphatic heterocycles. The van der Waals surface area contributed by atoms with Crippen LogP contribution in [0.5, 0.6) is 0 Å². The van der Waals surface area contributed by atoms with Gasteiger partial charge in [-0.2, -0.15) is 0 Å². The Labute approximate surface area is 39.4 Å². The summed E-state index contributed by atoms with van der Waals surface area (Å²) in [4.78, 5) is 0. The Bertz CT molecular complexity index is 40.2. The average Bonchev–Trinajstić information content (AvgIpc) is 1.79. The molecule has 2 atom stereocenters. The fourth-order valence-electron chi connectivity index (χ4n) is 0.160. The minimum absolute atomic E-state index is 0.363. The van der Waals surface area contributed by atoms with Crippen molar-refractivity contribution in [3.63, 3.8) is 0 Å². The zero-order valence-electron chi connectivity index (χ0n) is 2.94. The van der Waals surface area contributed by atoms with Crippen LogP contribution >= 0.6 is 15.9 Å². The third-order valence-corrected chi connectivity index (χ3v) is 1.60. The lowest BCUT2D eigenvalue weighted by Gasteiger charge is -1.55. The zero-order valence-corrected chi connectivity index (χ0v) is 4.53. The maximum Gasteiger partial charge on any atom is 0.138 e. The van der Waals surface area contributed by atoms with Gasteiger partial charge < -0.3 is 4.74 Å². The van der Waals surface area contributed by atoms with E-state index in [1.165, 1.54) is 0 Å². The van der Waals surface area contributed by atoms with Crippen LogP contribution in [0.3, 0.4) is 0 Å². The van der Waals surface area contributed by atoms with Gasteiger partial charge in [-0.1, -0.05) is 15.9 Å². The molecule has 1 heterocycles. The van der Waals surface area contributed by atoms with E-state index in [2.05, 4.69) is 15.9 Å². The van der Waals surface area contributed by atoms with Crippen molar-refractivity contribution in [2.75, 3.05) is 0 Å². The lowest BCUT2D eigenvalue weighted by molar-refractivity contribution is 0.415. The number of hydrogen-bond donors (Lipinski definition) is 0. The largest absolute Gasteiger partial charge is 0.358 e. The van der Waals surface area contributed by atoms with Crippen LogP contribution in [0, 0.1) is 0 Å². The Morgan fingerprint density at radius 2 is 2.00 bits per heavy atom. The molecule has 0 bridgehead atoms. The molecule has 1 nitrogen and oxygen atoms in total. The fourth-order valence-corrected chi connectivity index (χ4v) is 0.500. The van der Waals surface area contributed by atoms with Crippen LogP contribution in [-0.4, -0.2) is 11.1 Å². The van der Waals surface area contributed by atoms with E-state index in [0.29, 0.717) is 11.1 Å². The van der Waals surface area contributed by atoms with E-state index < -0.39 is 0 Å². The van der Waals surface area contributed by atoms with E-state index in [4.69, 9.17) is 4.74 Å². The molecule has 0 aliphatic carbocycles. The van der Waals surface area contributed by atoms with Crippen LogP contribution in [0.1, 0.15) is 6.92 Å². The summed E-state index contributed by atoms with van der Waals surface area (Å²) in [7, 11) is 0. The second-order valence-electron chi connectivity index (χ2n) is 1.19. The van der Waals surface area contributed by atoms with Crippen molar-refractivity contribution in [3.8, 4) is 0 Å². The fraction of sp³-hybridized carbons (Fsp3) is 1.00. The first-order chi connectivity index (χ1) is 2.30. The molecule has 2 heteroatoms. The normalized spacial score (nSPS) is 49.2. The molecule has 1 aliphatic rings. The standard InChI is InChI=1S/C3H5BrO/c1-2-3(4)5-2/h2-3H,1H3/t2?,3-/m0/s1. The van der Waals surface area contributed by atoms with Crippen LogP contribution in [0.2, 0.25) is 0 Å². The van der Waals surface area contributed by atoms with Crippen LogP contribution in [0.4, 0.5) is 0 Å². The number of epoxide rings is 1. The molecule has 5 heavy (non-hydrogen) atoms. The monoisotopic (exact) mass is 136 g/mol. The summed E-state index contributed by atoms with van der Waals surface area (Å²) in [5.41, 5.74) is 0. The Kier molecular flexibility index (Phi) is 0.688. The number of halogens is 1. The van der Waals surface area contributed by atoms with Crippen molar-refractivity contribution in [2.24, 2.45) is 0 Å². The first kappa shape index (κ1) is 3.62. The van der Waals surface area contributed by atoms with Gasteiger partial charge in [-0.05, 0) is 6.92 Å². The van der Waals surface area contributed by atoms with Gasteiger partial charge in [-0.15, -0.1) is 0 Å². The minimum atomic E-state index is 0.363. The Morgan fingerprint density at radius 3 is 2.00 bits per heavy atom. The van der Waals surface area contributed by atoms with Gasteiger partial charge in [-0.25, -0.2) is 0 Å². The molecule has 0 radical (unpaired) electrons. The molecule has 0 saturated carbocycles. The Morgan fingerprint density at radius 1 is 1.80 bits per heavy atom. The maximum atomic E-state index is 4.83. The predicted octanol–water partition coefficient (Wildman–Crippen LogP) is 1.13. The number of ether oxygens (including phenoxy) is 1. The molecule has 0 aromatic rings. The van der Waals surface area contributed by atoms with Gasteiger partial charge in [0.25, 0.3) is 0 Å². The average molecular weight is 137 g/mol. The summed E-state index contributed by atoms with van der Waals surface area (Å²) in [6.07, 6.45) is 0.468. The highest BCUT2D eigenvalue weighted by molar-refractivity contribution is 9.09. The van der Waals surface area contributed by atoms with Crippen molar-refractivity contribution < 1.29 is 4.74 Å². The Hall–Kier alpha value is 0.440. The summed E-state index contributed by atoms with van der Waals surface area (Å²) >= 11 is 3.23. The SMILES string of the molecule is CC1O[C@@H]1Br. The van der Waals surface area contributed by atoms with Crippen molar-refractivity contribution in [1.82, 2.24) is 0 Å². The van der Waals surface area contributed by atoms with E-state index in [0.717, 1.165) is 0 Å². The highest BCUT2D eigenvalue weighted by Gasteiger charge is 2.30. The molecule has 0 N–H and O–H groups in total. The quantitative estimate of drug-likeness (QED) is 0.360. The maximum absolute atomic E-state index is 4.83. The van der Waals surface area contributed by atoms with Crippen LogP contribution in [0.25, 0.3) is 0 Å². The van der Waals surface area contributed by atoms with Gasteiger partial charge >= 0.3 is 0 Å². The van der Waals surface area contributed by atoms with Gasteiger partial charge in [0.1, 0.15) is 5.01 Å². The topological polar surface area (TPSA) is 12.5 Å². The lowest BCUT2D eigenvalue weighted by Crippen LogP contribution is -1.68. The van der Waals surface area contributed by atoms with Crippen LogP contribution < -0.4 is 0 Å². The molecule has 1 fully saturated rings. The second-order valence-corrected chi connectivity index (χ2v) is 2.09. The van der Waals surface area contributed by atoms with Crippen molar-refractivity contribution in [1.29, 1.82) is 0 Å². The molecule has 0 amide bonds. The minimum Gasteiger partial charge on any atom is -0.358 e. The summed E-state index contributed by atoms with van der Waals surface area (Å²) in [5.74, 6) is 0. The summed E-state index contributed by atoms with van der Waals surface area (Å²) < 4.78 is 4.83. The highest BCUT2D eigenvalue weighted by atomic mass is 79.9. The van der Waals surface area contributed by atoms with Crippen molar-refractivity contribution in [2.45, 2.75) is 18.0 Å². The Balaban J connectivity index is 2.20. The molecule has 0 aromatic carbocycles. The van der Waals surface area contributed by atoms with Crippen molar-refractivity contribution in [3.05, 3.63) is 0 Å². The van der Waals surface area contributed by atoms with Gasteiger partial charge in [0.15, 0.2) is 0 Å². The molecule has 1 unspecified atom stereocenters. The van der Waals surface area contributed by atoms with Crippen LogP contribution in [0.15, 0.2) is 0 Å². The predicted molar refractivity (Wildman–Crippen MR) is 23.3 cm³/mol. The first-order valence-electron chi connectivity index (χ1n) is 1.60. The third-order valence-electron chi connectivity index (χ3n) is 0.637. The number of alkyl halides is 1. The van der Waals surface area contributed by atoms with Gasteiger partial charge in [0.2, 0.25) is 0 Å². The molecule has 1 rings (SSSR count).